The Kier molecular flexibility index (Phi) is 8.47. The first-order valence-corrected chi connectivity index (χ1v) is 8.42. The van der Waals surface area contributed by atoms with Crippen molar-refractivity contribution in [1.29, 1.82) is 0 Å². The summed E-state index contributed by atoms with van der Waals surface area (Å²) in [5.41, 5.74) is 0.769. The molecule has 6 nitrogen and oxygen atoms in total. The van der Waals surface area contributed by atoms with E-state index < -0.39 is 0 Å². The zero-order valence-electron chi connectivity index (χ0n) is 13.7. The molecule has 0 radical (unpaired) electrons. The number of benzene rings is 1. The molecule has 0 aliphatic heterocycles. The topological polar surface area (TPSA) is 76.7 Å². The molecule has 23 heavy (non-hydrogen) atoms. The van der Waals surface area contributed by atoms with Crippen LogP contribution in [-0.4, -0.2) is 38.1 Å². The van der Waals surface area contributed by atoms with Gasteiger partial charge in [-0.05, 0) is 38.5 Å². The number of carbonyl (C=O) groups is 2. The first kappa shape index (κ1) is 19.3. The van der Waals surface area contributed by atoms with Crippen LogP contribution in [0.1, 0.15) is 26.3 Å². The lowest BCUT2D eigenvalue weighted by Crippen LogP contribution is -2.37. The number of hydrogen-bond acceptors (Lipinski definition) is 4. The molecule has 1 rings (SSSR count). The Labute approximate surface area is 145 Å². The maximum absolute atomic E-state index is 12.0. The monoisotopic (exact) mass is 386 g/mol. The van der Waals surface area contributed by atoms with Crippen molar-refractivity contribution < 1.29 is 19.1 Å². The van der Waals surface area contributed by atoms with Crippen molar-refractivity contribution in [2.24, 2.45) is 0 Å². The lowest BCUT2D eigenvalue weighted by molar-refractivity contribution is -0.125. The molecule has 2 amide bonds. The number of likely N-dealkylation sites (N-methyl/N-ethyl adjacent to an activating group) is 1. The largest absolute Gasteiger partial charge is 0.490 e. The van der Waals surface area contributed by atoms with Gasteiger partial charge in [0.1, 0.15) is 0 Å². The average molecular weight is 387 g/mol. The minimum Gasteiger partial charge on any atom is -0.490 e. The SMILES string of the molecule is CCNC(=O)CNC(=O)Cc1cc(OCC)c(OCC)cc1Br. The molecule has 0 heterocycles. The predicted molar refractivity (Wildman–Crippen MR) is 91.9 cm³/mol. The van der Waals surface area contributed by atoms with Crippen LogP contribution in [0.5, 0.6) is 11.5 Å². The molecule has 0 spiro atoms. The second kappa shape index (κ2) is 10.1. The van der Waals surface area contributed by atoms with Gasteiger partial charge in [0.2, 0.25) is 11.8 Å². The van der Waals surface area contributed by atoms with E-state index in [9.17, 15) is 9.59 Å². The Morgan fingerprint density at radius 1 is 1.00 bits per heavy atom. The Bertz CT molecular complexity index is 549. The van der Waals surface area contributed by atoms with Crippen molar-refractivity contribution in [3.05, 3.63) is 22.2 Å². The minimum atomic E-state index is -0.233. The maximum Gasteiger partial charge on any atom is 0.239 e. The number of amides is 2. The number of hydrogen-bond donors (Lipinski definition) is 2. The Morgan fingerprint density at radius 3 is 2.17 bits per heavy atom. The van der Waals surface area contributed by atoms with Crippen LogP contribution < -0.4 is 20.1 Å². The summed E-state index contributed by atoms with van der Waals surface area (Å²) >= 11 is 3.44. The molecule has 0 atom stereocenters. The van der Waals surface area contributed by atoms with Crippen LogP contribution in [0, 0.1) is 0 Å². The van der Waals surface area contributed by atoms with Gasteiger partial charge in [-0.2, -0.15) is 0 Å². The lowest BCUT2D eigenvalue weighted by Gasteiger charge is -2.14. The molecular weight excluding hydrogens is 364 g/mol. The van der Waals surface area contributed by atoms with E-state index in [0.717, 1.165) is 10.0 Å². The summed E-state index contributed by atoms with van der Waals surface area (Å²) in [5.74, 6) is 0.793. The molecule has 1 aromatic carbocycles. The predicted octanol–water partition coefficient (Wildman–Crippen LogP) is 2.04. The number of ether oxygens (including phenoxy) is 2. The molecule has 2 N–H and O–H groups in total. The van der Waals surface area contributed by atoms with Crippen LogP contribution in [0.25, 0.3) is 0 Å². The van der Waals surface area contributed by atoms with E-state index in [1.165, 1.54) is 0 Å². The smallest absolute Gasteiger partial charge is 0.239 e. The van der Waals surface area contributed by atoms with E-state index in [1.54, 1.807) is 12.1 Å². The van der Waals surface area contributed by atoms with Gasteiger partial charge in [0, 0.05) is 11.0 Å². The van der Waals surface area contributed by atoms with Crippen molar-refractivity contribution >= 4 is 27.7 Å². The van der Waals surface area contributed by atoms with Crippen molar-refractivity contribution in [3.8, 4) is 11.5 Å². The molecule has 1 aromatic rings. The van der Waals surface area contributed by atoms with Crippen LogP contribution in [0.15, 0.2) is 16.6 Å². The molecule has 0 bridgehead atoms. The summed E-state index contributed by atoms with van der Waals surface area (Å²) in [6.45, 7) is 7.15. The van der Waals surface area contributed by atoms with E-state index in [2.05, 4.69) is 26.6 Å². The molecule has 0 fully saturated rings. The van der Waals surface area contributed by atoms with Crippen LogP contribution in [0.2, 0.25) is 0 Å². The number of nitrogens with one attached hydrogen (secondary N) is 2. The van der Waals surface area contributed by atoms with Gasteiger partial charge in [0.15, 0.2) is 11.5 Å². The van der Waals surface area contributed by atoms with Crippen molar-refractivity contribution in [2.45, 2.75) is 27.2 Å². The summed E-state index contributed by atoms with van der Waals surface area (Å²) in [5, 5.41) is 5.21. The Balaban J connectivity index is 2.77. The number of carbonyl (C=O) groups excluding carboxylic acids is 2. The second-order valence-corrected chi connectivity index (χ2v) is 5.52. The fourth-order valence-electron chi connectivity index (χ4n) is 1.92. The van der Waals surface area contributed by atoms with Crippen molar-refractivity contribution in [3.63, 3.8) is 0 Å². The highest BCUT2D eigenvalue weighted by molar-refractivity contribution is 9.10. The molecule has 0 unspecified atom stereocenters. The third-order valence-electron chi connectivity index (χ3n) is 2.88. The fraction of sp³-hybridized carbons (Fsp3) is 0.500. The minimum absolute atomic E-state index is 0.0281. The number of halogens is 1. The van der Waals surface area contributed by atoms with Gasteiger partial charge >= 0.3 is 0 Å². The Morgan fingerprint density at radius 2 is 1.61 bits per heavy atom. The summed E-state index contributed by atoms with van der Waals surface area (Å²) < 4.78 is 11.8. The van der Waals surface area contributed by atoms with Crippen LogP contribution in [0.3, 0.4) is 0 Å². The summed E-state index contributed by atoms with van der Waals surface area (Å²) in [6.07, 6.45) is 0.145. The van der Waals surface area contributed by atoms with Crippen LogP contribution in [0.4, 0.5) is 0 Å². The zero-order valence-corrected chi connectivity index (χ0v) is 15.3. The highest BCUT2D eigenvalue weighted by Gasteiger charge is 2.14. The average Bonchev–Trinajstić information content (AvgIpc) is 2.50. The van der Waals surface area contributed by atoms with E-state index in [4.69, 9.17) is 9.47 Å². The summed E-state index contributed by atoms with van der Waals surface area (Å²) in [4.78, 5) is 23.3. The third kappa shape index (κ3) is 6.48. The van der Waals surface area contributed by atoms with Crippen molar-refractivity contribution in [2.75, 3.05) is 26.3 Å². The van der Waals surface area contributed by atoms with E-state index in [0.29, 0.717) is 31.3 Å². The van der Waals surface area contributed by atoms with E-state index in [-0.39, 0.29) is 24.8 Å². The van der Waals surface area contributed by atoms with Crippen molar-refractivity contribution in [1.82, 2.24) is 10.6 Å². The normalized spacial score (nSPS) is 10.1. The molecule has 0 aliphatic carbocycles. The highest BCUT2D eigenvalue weighted by Crippen LogP contribution is 2.34. The van der Waals surface area contributed by atoms with Gasteiger partial charge < -0.3 is 20.1 Å². The van der Waals surface area contributed by atoms with Gasteiger partial charge in [-0.1, -0.05) is 15.9 Å². The summed E-state index contributed by atoms with van der Waals surface area (Å²) in [6, 6.07) is 3.57. The van der Waals surface area contributed by atoms with E-state index >= 15 is 0 Å². The molecule has 0 saturated carbocycles. The first-order valence-electron chi connectivity index (χ1n) is 7.63. The molecule has 128 valence electrons. The lowest BCUT2D eigenvalue weighted by atomic mass is 10.1. The van der Waals surface area contributed by atoms with Gasteiger partial charge in [-0.25, -0.2) is 0 Å². The molecule has 7 heteroatoms. The van der Waals surface area contributed by atoms with Gasteiger partial charge in [-0.3, -0.25) is 9.59 Å². The quantitative estimate of drug-likeness (QED) is 0.680. The summed E-state index contributed by atoms with van der Waals surface area (Å²) in [7, 11) is 0. The Hall–Kier alpha value is -1.76. The van der Waals surface area contributed by atoms with Crippen LogP contribution in [-0.2, 0) is 16.0 Å². The highest BCUT2D eigenvalue weighted by atomic mass is 79.9. The first-order chi connectivity index (χ1) is 11.0. The van der Waals surface area contributed by atoms with Crippen LogP contribution >= 0.6 is 15.9 Å². The molecular formula is C16H23BrN2O4. The molecule has 0 aliphatic rings. The number of rotatable bonds is 9. The molecule has 0 aromatic heterocycles. The van der Waals surface area contributed by atoms with Gasteiger partial charge in [0.05, 0.1) is 26.2 Å². The van der Waals surface area contributed by atoms with Gasteiger partial charge in [0.25, 0.3) is 0 Å². The molecule has 0 saturated heterocycles. The third-order valence-corrected chi connectivity index (χ3v) is 3.62. The maximum atomic E-state index is 12.0. The zero-order chi connectivity index (χ0) is 17.2. The fourth-order valence-corrected chi connectivity index (χ4v) is 2.39. The second-order valence-electron chi connectivity index (χ2n) is 4.66. The van der Waals surface area contributed by atoms with E-state index in [1.807, 2.05) is 20.8 Å². The standard InChI is InChI=1S/C16H23BrN2O4/c1-4-18-16(21)10-19-15(20)8-11-7-13(22-5-2)14(23-6-3)9-12(11)17/h7,9H,4-6,8,10H2,1-3H3,(H,18,21)(H,19,20). The van der Waals surface area contributed by atoms with Gasteiger partial charge in [-0.15, -0.1) is 0 Å².